The quantitative estimate of drug-likeness (QED) is 0.313. The SMILES string of the molecule is NCC(=O)c1nc(Cn2nc(-c3ccc(Cl)cc3)n(C[C@H](O)C(F)(F)F)c2=O)nn1-c1ncccc1Cl. The van der Waals surface area contributed by atoms with E-state index in [2.05, 4.69) is 20.2 Å². The molecule has 3 aromatic heterocycles. The van der Waals surface area contributed by atoms with E-state index in [-0.39, 0.29) is 33.9 Å². The number of aliphatic hydroxyl groups excluding tert-OH is 1. The van der Waals surface area contributed by atoms with Crippen LogP contribution in [0.4, 0.5) is 13.2 Å². The van der Waals surface area contributed by atoms with E-state index in [1.807, 2.05) is 0 Å². The fourth-order valence-corrected chi connectivity index (χ4v) is 3.63. The highest BCUT2D eigenvalue weighted by Crippen LogP contribution is 2.24. The van der Waals surface area contributed by atoms with Gasteiger partial charge in [0.05, 0.1) is 18.1 Å². The Kier molecular flexibility index (Phi) is 7.45. The van der Waals surface area contributed by atoms with Gasteiger partial charge in [0, 0.05) is 16.8 Å². The van der Waals surface area contributed by atoms with Gasteiger partial charge < -0.3 is 10.8 Å². The lowest BCUT2D eigenvalue weighted by molar-refractivity contribution is -0.207. The minimum Gasteiger partial charge on any atom is -0.382 e. The Morgan fingerprint density at radius 1 is 1.14 bits per heavy atom. The third-order valence-corrected chi connectivity index (χ3v) is 5.62. The minimum absolute atomic E-state index is 0.0766. The van der Waals surface area contributed by atoms with E-state index in [0.29, 0.717) is 9.59 Å². The number of halogens is 5. The van der Waals surface area contributed by atoms with Crippen LogP contribution in [-0.4, -0.2) is 63.8 Å². The van der Waals surface area contributed by atoms with Crippen LogP contribution < -0.4 is 11.4 Å². The summed E-state index contributed by atoms with van der Waals surface area (Å²) < 4.78 is 41.7. The molecule has 0 amide bonds. The molecule has 3 N–H and O–H groups in total. The standard InChI is InChI=1S/C21H17Cl2F3N8O3/c22-12-5-3-11(4-6-12)17-31-33(20(37)32(17)9-15(36)21(24,25)26)10-16-29-19(14(35)8-27)34(30-16)18-13(23)2-1-7-28-18/h1-7,15,36H,8-10,27H2/t15-/m0/s1. The maximum atomic E-state index is 13.1. The average Bonchev–Trinajstić information content (AvgIpc) is 3.40. The van der Waals surface area contributed by atoms with Crippen LogP contribution in [0.2, 0.25) is 10.0 Å². The van der Waals surface area contributed by atoms with Crippen LogP contribution >= 0.6 is 23.2 Å². The number of hydrogen-bond acceptors (Lipinski definition) is 8. The molecule has 4 rings (SSSR count). The number of benzene rings is 1. The Morgan fingerprint density at radius 2 is 1.84 bits per heavy atom. The van der Waals surface area contributed by atoms with Crippen molar-refractivity contribution < 1.29 is 23.1 Å². The fraction of sp³-hybridized carbons (Fsp3) is 0.238. The first-order valence-electron chi connectivity index (χ1n) is 10.5. The third kappa shape index (κ3) is 5.56. The number of Topliss-reactive ketones (excluding diaryl/α,β-unsaturated/α-hetero) is 1. The summed E-state index contributed by atoms with van der Waals surface area (Å²) in [7, 11) is 0. The van der Waals surface area contributed by atoms with Gasteiger partial charge in [0.25, 0.3) is 0 Å². The molecule has 0 saturated heterocycles. The van der Waals surface area contributed by atoms with Gasteiger partial charge in [-0.15, -0.1) is 10.2 Å². The maximum absolute atomic E-state index is 13.1. The van der Waals surface area contributed by atoms with E-state index in [0.717, 1.165) is 9.36 Å². The van der Waals surface area contributed by atoms with Crippen LogP contribution in [0.15, 0.2) is 47.4 Å². The summed E-state index contributed by atoms with van der Waals surface area (Å²) in [4.78, 5) is 33.7. The first-order chi connectivity index (χ1) is 17.5. The van der Waals surface area contributed by atoms with Gasteiger partial charge in [-0.3, -0.25) is 9.36 Å². The van der Waals surface area contributed by atoms with Gasteiger partial charge in [0.1, 0.15) is 6.54 Å². The number of nitrogens with zero attached hydrogens (tertiary/aromatic N) is 7. The number of alkyl halides is 3. The summed E-state index contributed by atoms with van der Waals surface area (Å²) in [6.45, 7) is -1.95. The molecule has 11 nitrogen and oxygen atoms in total. The summed E-state index contributed by atoms with van der Waals surface area (Å²) in [5, 5.41) is 18.5. The maximum Gasteiger partial charge on any atom is 0.416 e. The summed E-state index contributed by atoms with van der Waals surface area (Å²) in [6, 6.07) is 8.93. The smallest absolute Gasteiger partial charge is 0.382 e. The Hall–Kier alpha value is -3.59. The summed E-state index contributed by atoms with van der Waals surface area (Å²) in [5.41, 5.74) is 4.77. The zero-order valence-electron chi connectivity index (χ0n) is 18.6. The molecule has 0 unspecified atom stereocenters. The van der Waals surface area contributed by atoms with Gasteiger partial charge in [-0.1, -0.05) is 23.2 Å². The van der Waals surface area contributed by atoms with Crippen molar-refractivity contribution in [2.45, 2.75) is 25.4 Å². The number of ketones is 1. The Bertz CT molecular complexity index is 1500. The van der Waals surface area contributed by atoms with Gasteiger partial charge in [-0.05, 0) is 36.4 Å². The van der Waals surface area contributed by atoms with Crippen molar-refractivity contribution in [3.63, 3.8) is 0 Å². The molecule has 0 aliphatic rings. The molecule has 1 atom stereocenters. The van der Waals surface area contributed by atoms with Crippen molar-refractivity contribution in [3.05, 3.63) is 74.8 Å². The van der Waals surface area contributed by atoms with Gasteiger partial charge in [-0.2, -0.15) is 17.9 Å². The zero-order chi connectivity index (χ0) is 26.9. The van der Waals surface area contributed by atoms with Crippen LogP contribution in [-0.2, 0) is 13.1 Å². The predicted molar refractivity (Wildman–Crippen MR) is 126 cm³/mol. The fourth-order valence-electron chi connectivity index (χ4n) is 3.31. The van der Waals surface area contributed by atoms with Crippen LogP contribution in [0.3, 0.4) is 0 Å². The van der Waals surface area contributed by atoms with Crippen molar-refractivity contribution in [2.75, 3.05) is 6.54 Å². The lowest BCUT2D eigenvalue weighted by Crippen LogP contribution is -2.37. The van der Waals surface area contributed by atoms with E-state index >= 15 is 0 Å². The first kappa shape index (κ1) is 26.5. The summed E-state index contributed by atoms with van der Waals surface area (Å²) >= 11 is 12.1. The summed E-state index contributed by atoms with van der Waals surface area (Å²) in [5.74, 6) is -0.989. The molecule has 37 heavy (non-hydrogen) atoms. The van der Waals surface area contributed by atoms with E-state index in [9.17, 15) is 27.9 Å². The van der Waals surface area contributed by atoms with E-state index in [4.69, 9.17) is 28.9 Å². The van der Waals surface area contributed by atoms with Gasteiger partial charge >= 0.3 is 11.9 Å². The normalized spacial score (nSPS) is 12.6. The number of pyridine rings is 1. The molecule has 0 bridgehead atoms. The van der Waals surface area contributed by atoms with Gasteiger partial charge in [0.15, 0.2) is 23.6 Å². The number of carbonyl (C=O) groups is 1. The average molecular weight is 557 g/mol. The second-order valence-corrected chi connectivity index (χ2v) is 8.48. The van der Waals surface area contributed by atoms with Crippen molar-refractivity contribution in [1.82, 2.24) is 34.1 Å². The Labute approximate surface area is 215 Å². The molecule has 1 aromatic carbocycles. The molecule has 3 heterocycles. The highest BCUT2D eigenvalue weighted by molar-refractivity contribution is 6.32. The number of aromatic nitrogens is 7. The second-order valence-electron chi connectivity index (χ2n) is 7.64. The molecule has 0 saturated carbocycles. The number of carbonyl (C=O) groups excluding carboxylic acids is 1. The van der Waals surface area contributed by atoms with E-state index in [1.165, 1.54) is 36.5 Å². The molecule has 0 radical (unpaired) electrons. The lowest BCUT2D eigenvalue weighted by atomic mass is 10.2. The van der Waals surface area contributed by atoms with Crippen LogP contribution in [0, 0.1) is 0 Å². The number of rotatable bonds is 8. The van der Waals surface area contributed by atoms with E-state index < -0.39 is 43.4 Å². The predicted octanol–water partition coefficient (Wildman–Crippen LogP) is 2.11. The highest BCUT2D eigenvalue weighted by Gasteiger charge is 2.39. The molecular weight excluding hydrogens is 540 g/mol. The molecule has 4 aromatic rings. The van der Waals surface area contributed by atoms with Crippen molar-refractivity contribution in [2.24, 2.45) is 5.73 Å². The topological polar surface area (TPSA) is 147 Å². The number of nitrogens with two attached hydrogens (primary N) is 1. The molecule has 0 spiro atoms. The van der Waals surface area contributed by atoms with Gasteiger partial charge in [-0.25, -0.2) is 19.4 Å². The van der Waals surface area contributed by atoms with Crippen LogP contribution in [0.25, 0.3) is 17.2 Å². The van der Waals surface area contributed by atoms with Crippen molar-refractivity contribution >= 4 is 29.0 Å². The lowest BCUT2D eigenvalue weighted by Gasteiger charge is -2.15. The monoisotopic (exact) mass is 556 g/mol. The highest BCUT2D eigenvalue weighted by atomic mass is 35.5. The van der Waals surface area contributed by atoms with Gasteiger partial charge in [0.2, 0.25) is 11.6 Å². The van der Waals surface area contributed by atoms with Crippen LogP contribution in [0.5, 0.6) is 0 Å². The Morgan fingerprint density at radius 3 is 2.46 bits per heavy atom. The Balaban J connectivity index is 1.79. The van der Waals surface area contributed by atoms with Crippen LogP contribution in [0.1, 0.15) is 16.4 Å². The second kappa shape index (κ2) is 10.4. The molecule has 0 aliphatic heterocycles. The molecule has 194 valence electrons. The number of hydrogen-bond donors (Lipinski definition) is 2. The first-order valence-corrected chi connectivity index (χ1v) is 11.2. The molecule has 0 aliphatic carbocycles. The van der Waals surface area contributed by atoms with E-state index in [1.54, 1.807) is 6.07 Å². The largest absolute Gasteiger partial charge is 0.416 e. The molecular formula is C21H17Cl2F3N8O3. The third-order valence-electron chi connectivity index (χ3n) is 5.08. The zero-order valence-corrected chi connectivity index (χ0v) is 20.1. The van der Waals surface area contributed by atoms with Crippen molar-refractivity contribution in [3.8, 4) is 17.2 Å². The molecule has 16 heteroatoms. The number of aliphatic hydroxyl groups is 1. The molecule has 0 fully saturated rings. The minimum atomic E-state index is -4.97. The van der Waals surface area contributed by atoms with Crippen molar-refractivity contribution in [1.29, 1.82) is 0 Å². The summed E-state index contributed by atoms with van der Waals surface area (Å²) in [6.07, 6.45) is -6.39.